The molecule has 1 aliphatic heterocycles. The van der Waals surface area contributed by atoms with Gasteiger partial charge in [-0.15, -0.1) is 0 Å². The summed E-state index contributed by atoms with van der Waals surface area (Å²) in [5.41, 5.74) is 2.71. The average molecular weight is 415 g/mol. The molecule has 1 saturated heterocycles. The van der Waals surface area contributed by atoms with Crippen molar-refractivity contribution in [3.05, 3.63) is 65.2 Å². The van der Waals surface area contributed by atoms with Gasteiger partial charge in [-0.3, -0.25) is 9.69 Å². The maximum Gasteiger partial charge on any atom is 0.251 e. The van der Waals surface area contributed by atoms with Gasteiger partial charge < -0.3 is 5.32 Å². The predicted octanol–water partition coefficient (Wildman–Crippen LogP) is 3.81. The van der Waals surface area contributed by atoms with Gasteiger partial charge in [0, 0.05) is 24.9 Å². The number of sulfone groups is 1. The van der Waals surface area contributed by atoms with Gasteiger partial charge in [0.15, 0.2) is 9.84 Å². The Morgan fingerprint density at radius 3 is 2.38 bits per heavy atom. The molecule has 1 heterocycles. The molecule has 0 aromatic heterocycles. The third kappa shape index (κ3) is 5.90. The Bertz CT molecular complexity index is 937. The van der Waals surface area contributed by atoms with Crippen molar-refractivity contribution in [1.82, 2.24) is 10.2 Å². The predicted molar refractivity (Wildman–Crippen MR) is 116 cm³/mol. The third-order valence-corrected chi connectivity index (χ3v) is 6.65. The number of benzene rings is 2. The molecule has 1 N–H and O–H groups in total. The van der Waals surface area contributed by atoms with Crippen LogP contribution in [0, 0.1) is 5.92 Å². The van der Waals surface area contributed by atoms with Crippen molar-refractivity contribution in [3.8, 4) is 0 Å². The molecule has 1 aliphatic rings. The topological polar surface area (TPSA) is 66.5 Å². The lowest BCUT2D eigenvalue weighted by molar-refractivity contribution is 0.0940. The molecular formula is C23H30N2O3S. The quantitative estimate of drug-likeness (QED) is 0.780. The van der Waals surface area contributed by atoms with E-state index in [1.54, 1.807) is 24.3 Å². The van der Waals surface area contributed by atoms with Crippen LogP contribution in [-0.2, 0) is 16.4 Å². The number of nitrogens with zero attached hydrogens (tertiary/aromatic N) is 1. The molecule has 0 unspecified atom stereocenters. The Hall–Kier alpha value is -2.18. The molecule has 1 fully saturated rings. The maximum absolute atomic E-state index is 12.6. The summed E-state index contributed by atoms with van der Waals surface area (Å²) in [5.74, 6) is 0.615. The third-order valence-electron chi connectivity index (χ3n) is 5.52. The minimum absolute atomic E-state index is 0.136. The number of piperidine rings is 1. The summed E-state index contributed by atoms with van der Waals surface area (Å²) >= 11 is 0. The number of amides is 1. The van der Waals surface area contributed by atoms with E-state index in [4.69, 9.17) is 0 Å². The van der Waals surface area contributed by atoms with E-state index in [9.17, 15) is 13.2 Å². The van der Waals surface area contributed by atoms with Crippen LogP contribution >= 0.6 is 0 Å². The first-order valence-corrected chi connectivity index (χ1v) is 12.0. The van der Waals surface area contributed by atoms with E-state index in [2.05, 4.69) is 17.1 Å². The highest BCUT2D eigenvalue weighted by atomic mass is 32.2. The molecule has 1 amide bonds. The van der Waals surface area contributed by atoms with Gasteiger partial charge in [-0.1, -0.05) is 31.2 Å². The van der Waals surface area contributed by atoms with E-state index < -0.39 is 9.84 Å². The molecule has 2 aromatic rings. The van der Waals surface area contributed by atoms with E-state index >= 15 is 0 Å². The summed E-state index contributed by atoms with van der Waals surface area (Å²) in [7, 11) is -3.22. The summed E-state index contributed by atoms with van der Waals surface area (Å²) in [4.78, 5) is 15.3. The fraction of sp³-hybridized carbons (Fsp3) is 0.435. The lowest BCUT2D eigenvalue weighted by Gasteiger charge is -2.30. The van der Waals surface area contributed by atoms with Gasteiger partial charge in [0.05, 0.1) is 10.9 Å². The summed E-state index contributed by atoms with van der Waals surface area (Å²) in [6.45, 7) is 7.39. The fourth-order valence-electron chi connectivity index (χ4n) is 3.82. The highest BCUT2D eigenvalue weighted by Crippen LogP contribution is 2.19. The number of hydrogen-bond acceptors (Lipinski definition) is 4. The van der Waals surface area contributed by atoms with Gasteiger partial charge in [-0.25, -0.2) is 8.42 Å². The number of carbonyl (C=O) groups excluding carboxylic acids is 1. The van der Waals surface area contributed by atoms with Crippen molar-refractivity contribution in [1.29, 1.82) is 0 Å². The molecule has 29 heavy (non-hydrogen) atoms. The molecule has 2 aromatic carbocycles. The van der Waals surface area contributed by atoms with Crippen molar-refractivity contribution in [3.63, 3.8) is 0 Å². The van der Waals surface area contributed by atoms with Crippen LogP contribution in [0.1, 0.15) is 54.2 Å². The Balaban J connectivity index is 1.58. The zero-order valence-corrected chi connectivity index (χ0v) is 18.2. The van der Waals surface area contributed by atoms with E-state index in [-0.39, 0.29) is 16.8 Å². The SMILES string of the molecule is C[C@H]1CCCN(Cc2ccc(C(=O)N[C@@H](C)c3ccc(S(C)(=O)=O)cc3)cc2)C1. The van der Waals surface area contributed by atoms with Crippen LogP contribution < -0.4 is 5.32 Å². The second-order valence-corrected chi connectivity index (χ2v) is 10.2. The summed E-state index contributed by atoms with van der Waals surface area (Å²) in [6, 6.07) is 14.2. The molecule has 0 aliphatic carbocycles. The summed E-state index contributed by atoms with van der Waals surface area (Å²) in [6.07, 6.45) is 3.75. The molecule has 5 nitrogen and oxygen atoms in total. The first-order chi connectivity index (χ1) is 13.7. The number of carbonyl (C=O) groups is 1. The van der Waals surface area contributed by atoms with Crippen LogP contribution in [0.25, 0.3) is 0 Å². The van der Waals surface area contributed by atoms with Crippen molar-refractivity contribution >= 4 is 15.7 Å². The van der Waals surface area contributed by atoms with Gasteiger partial charge in [0.1, 0.15) is 0 Å². The van der Waals surface area contributed by atoms with E-state index in [0.717, 1.165) is 31.1 Å². The molecular weight excluding hydrogens is 384 g/mol. The van der Waals surface area contributed by atoms with Gasteiger partial charge in [0.25, 0.3) is 5.91 Å². The Morgan fingerprint density at radius 1 is 1.14 bits per heavy atom. The van der Waals surface area contributed by atoms with E-state index in [1.807, 2.05) is 31.2 Å². The van der Waals surface area contributed by atoms with Crippen molar-refractivity contribution < 1.29 is 13.2 Å². The molecule has 156 valence electrons. The lowest BCUT2D eigenvalue weighted by atomic mass is 9.99. The number of rotatable bonds is 6. The first-order valence-electron chi connectivity index (χ1n) is 10.1. The van der Waals surface area contributed by atoms with Crippen molar-refractivity contribution in [2.75, 3.05) is 19.3 Å². The maximum atomic E-state index is 12.6. The monoisotopic (exact) mass is 414 g/mol. The Morgan fingerprint density at radius 2 is 1.79 bits per heavy atom. The highest BCUT2D eigenvalue weighted by Gasteiger charge is 2.17. The van der Waals surface area contributed by atoms with Gasteiger partial charge in [-0.05, 0) is 67.6 Å². The highest BCUT2D eigenvalue weighted by molar-refractivity contribution is 7.90. The van der Waals surface area contributed by atoms with Crippen LogP contribution in [0.4, 0.5) is 0 Å². The van der Waals surface area contributed by atoms with Gasteiger partial charge >= 0.3 is 0 Å². The fourth-order valence-corrected chi connectivity index (χ4v) is 4.45. The molecule has 0 bridgehead atoms. The average Bonchev–Trinajstić information content (AvgIpc) is 2.68. The van der Waals surface area contributed by atoms with E-state index in [0.29, 0.717) is 5.56 Å². The first kappa shape index (κ1) is 21.5. The van der Waals surface area contributed by atoms with Crippen LogP contribution in [0.3, 0.4) is 0 Å². The smallest absolute Gasteiger partial charge is 0.251 e. The number of nitrogens with one attached hydrogen (secondary N) is 1. The number of hydrogen-bond donors (Lipinski definition) is 1. The van der Waals surface area contributed by atoms with Crippen molar-refractivity contribution in [2.45, 2.75) is 44.2 Å². The summed E-state index contributed by atoms with van der Waals surface area (Å²) in [5, 5.41) is 2.98. The van der Waals surface area contributed by atoms with Crippen LogP contribution in [0.5, 0.6) is 0 Å². The molecule has 0 spiro atoms. The molecule has 2 atom stereocenters. The van der Waals surface area contributed by atoms with Crippen LogP contribution in [0.2, 0.25) is 0 Å². The Kier molecular flexibility index (Phi) is 6.75. The number of likely N-dealkylation sites (tertiary alicyclic amines) is 1. The second kappa shape index (κ2) is 9.09. The van der Waals surface area contributed by atoms with Crippen molar-refractivity contribution in [2.24, 2.45) is 5.92 Å². The van der Waals surface area contributed by atoms with E-state index in [1.165, 1.54) is 24.7 Å². The van der Waals surface area contributed by atoms with Gasteiger partial charge in [-0.2, -0.15) is 0 Å². The summed E-state index contributed by atoms with van der Waals surface area (Å²) < 4.78 is 23.1. The minimum atomic E-state index is -3.22. The lowest BCUT2D eigenvalue weighted by Crippen LogP contribution is -2.33. The minimum Gasteiger partial charge on any atom is -0.346 e. The molecule has 6 heteroatoms. The molecule has 3 rings (SSSR count). The Labute approximate surface area is 174 Å². The molecule has 0 saturated carbocycles. The zero-order valence-electron chi connectivity index (χ0n) is 17.4. The standard InChI is InChI=1S/C23H30N2O3S/c1-17-5-4-14-25(15-17)16-19-6-8-21(9-7-19)23(26)24-18(2)20-10-12-22(13-11-20)29(3,27)28/h6-13,17-18H,4-5,14-16H2,1-3H3,(H,24,26)/t17-,18-/m0/s1. The normalized spacial score (nSPS) is 18.9. The van der Waals surface area contributed by atoms with Crippen LogP contribution in [0.15, 0.2) is 53.4 Å². The van der Waals surface area contributed by atoms with Crippen LogP contribution in [-0.4, -0.2) is 38.6 Å². The largest absolute Gasteiger partial charge is 0.346 e. The second-order valence-electron chi connectivity index (χ2n) is 8.22. The van der Waals surface area contributed by atoms with Gasteiger partial charge in [0.2, 0.25) is 0 Å². The zero-order chi connectivity index (χ0) is 21.0. The molecule has 0 radical (unpaired) electrons.